The fourth-order valence-electron chi connectivity index (χ4n) is 2.41. The highest BCUT2D eigenvalue weighted by Crippen LogP contribution is 2.23. The van der Waals surface area contributed by atoms with Crippen LogP contribution in [0.3, 0.4) is 0 Å². The highest BCUT2D eigenvalue weighted by Gasteiger charge is 2.11. The molecule has 0 bridgehead atoms. The summed E-state index contributed by atoms with van der Waals surface area (Å²) in [7, 11) is 1.56. The van der Waals surface area contributed by atoms with Crippen LogP contribution in [0.5, 0.6) is 0 Å². The van der Waals surface area contributed by atoms with Gasteiger partial charge in [-0.2, -0.15) is 4.98 Å². The lowest BCUT2D eigenvalue weighted by atomic mass is 10.1. The number of carbonyl (C=O) groups is 1. The number of aryl methyl sites for hydroxylation is 1. The minimum atomic E-state index is -0.331. The van der Waals surface area contributed by atoms with Gasteiger partial charge in [-0.1, -0.05) is 5.16 Å². The van der Waals surface area contributed by atoms with Gasteiger partial charge in [0.1, 0.15) is 12.9 Å². The van der Waals surface area contributed by atoms with Gasteiger partial charge in [-0.3, -0.25) is 0 Å². The van der Waals surface area contributed by atoms with Crippen molar-refractivity contribution in [3.05, 3.63) is 41.3 Å². The summed E-state index contributed by atoms with van der Waals surface area (Å²) in [5.74, 6) is 0.914. The standard InChI is InChI=1S/C16H20N8O3/c1-10-6-12(24-9-18-22-23-24)7-13(11(10)2)19-16(25)17-5-4-15-20-14(8-26-3)21-27-15/h6-7,9H,4-5,8H2,1-3H3,(H2,17,19,25). The van der Waals surface area contributed by atoms with E-state index in [0.717, 1.165) is 16.8 Å². The molecule has 0 atom stereocenters. The van der Waals surface area contributed by atoms with E-state index in [9.17, 15) is 4.79 Å². The Bertz CT molecular complexity index is 907. The largest absolute Gasteiger partial charge is 0.377 e. The van der Waals surface area contributed by atoms with E-state index in [1.54, 1.807) is 7.11 Å². The summed E-state index contributed by atoms with van der Waals surface area (Å²) in [5.41, 5.74) is 3.41. The number of benzene rings is 1. The minimum Gasteiger partial charge on any atom is -0.377 e. The Morgan fingerprint density at radius 2 is 2.19 bits per heavy atom. The molecule has 2 N–H and O–H groups in total. The van der Waals surface area contributed by atoms with Crippen molar-refractivity contribution in [2.75, 3.05) is 19.0 Å². The molecule has 0 aliphatic heterocycles. The van der Waals surface area contributed by atoms with E-state index in [1.165, 1.54) is 11.0 Å². The number of nitrogens with one attached hydrogen (secondary N) is 2. The van der Waals surface area contributed by atoms with Crippen LogP contribution in [0.15, 0.2) is 23.0 Å². The van der Waals surface area contributed by atoms with Crippen molar-refractivity contribution < 1.29 is 14.1 Å². The lowest BCUT2D eigenvalue weighted by molar-refractivity contribution is 0.174. The van der Waals surface area contributed by atoms with Crippen LogP contribution in [0.2, 0.25) is 0 Å². The first-order valence-corrected chi connectivity index (χ1v) is 8.26. The van der Waals surface area contributed by atoms with Crippen molar-refractivity contribution in [1.29, 1.82) is 0 Å². The van der Waals surface area contributed by atoms with Crippen LogP contribution in [0.4, 0.5) is 10.5 Å². The zero-order valence-electron chi connectivity index (χ0n) is 15.3. The number of nitrogens with zero attached hydrogens (tertiary/aromatic N) is 6. The number of tetrazole rings is 1. The van der Waals surface area contributed by atoms with Crippen LogP contribution in [0.25, 0.3) is 5.69 Å². The van der Waals surface area contributed by atoms with Crippen molar-refractivity contribution in [3.63, 3.8) is 0 Å². The van der Waals surface area contributed by atoms with Crippen LogP contribution in [0, 0.1) is 13.8 Å². The molecule has 0 saturated heterocycles. The fourth-order valence-corrected chi connectivity index (χ4v) is 2.41. The SMILES string of the molecule is COCc1noc(CCNC(=O)Nc2cc(-n3cnnn3)cc(C)c2C)n1. The van der Waals surface area contributed by atoms with E-state index < -0.39 is 0 Å². The lowest BCUT2D eigenvalue weighted by Gasteiger charge is -2.13. The van der Waals surface area contributed by atoms with Gasteiger partial charge in [0, 0.05) is 25.8 Å². The third kappa shape index (κ3) is 4.64. The second-order valence-electron chi connectivity index (χ2n) is 5.86. The number of ether oxygens (including phenoxy) is 1. The number of anilines is 1. The molecule has 0 aliphatic rings. The van der Waals surface area contributed by atoms with E-state index in [2.05, 4.69) is 36.3 Å². The van der Waals surface area contributed by atoms with E-state index in [1.807, 2.05) is 26.0 Å². The van der Waals surface area contributed by atoms with Gasteiger partial charge in [-0.15, -0.1) is 5.10 Å². The lowest BCUT2D eigenvalue weighted by Crippen LogP contribution is -2.30. The van der Waals surface area contributed by atoms with Gasteiger partial charge >= 0.3 is 6.03 Å². The molecule has 3 rings (SSSR count). The van der Waals surface area contributed by atoms with E-state index in [-0.39, 0.29) is 12.6 Å². The molecular formula is C16H20N8O3. The first-order valence-electron chi connectivity index (χ1n) is 8.26. The fraction of sp³-hybridized carbons (Fsp3) is 0.375. The number of hydrogen-bond donors (Lipinski definition) is 2. The molecule has 2 aromatic heterocycles. The van der Waals surface area contributed by atoms with E-state index in [4.69, 9.17) is 9.26 Å². The molecule has 11 heteroatoms. The second kappa shape index (κ2) is 8.36. The van der Waals surface area contributed by atoms with Crippen molar-refractivity contribution in [3.8, 4) is 5.69 Å². The molecule has 0 fully saturated rings. The van der Waals surface area contributed by atoms with Crippen LogP contribution in [0.1, 0.15) is 22.8 Å². The summed E-state index contributed by atoms with van der Waals surface area (Å²) in [4.78, 5) is 16.4. The summed E-state index contributed by atoms with van der Waals surface area (Å²) < 4.78 is 11.5. The number of carbonyl (C=O) groups excluding carboxylic acids is 1. The summed E-state index contributed by atoms with van der Waals surface area (Å²) in [5, 5.41) is 20.5. The molecule has 2 amide bonds. The quantitative estimate of drug-likeness (QED) is 0.631. The first kappa shape index (κ1) is 18.5. The van der Waals surface area contributed by atoms with Crippen molar-refractivity contribution in [2.24, 2.45) is 0 Å². The topological polar surface area (TPSA) is 133 Å². The average Bonchev–Trinajstić information content (AvgIpc) is 3.31. The third-order valence-corrected chi connectivity index (χ3v) is 3.92. The van der Waals surface area contributed by atoms with Crippen molar-refractivity contribution in [1.82, 2.24) is 35.7 Å². The van der Waals surface area contributed by atoms with Crippen LogP contribution >= 0.6 is 0 Å². The number of rotatable bonds is 7. The summed E-state index contributed by atoms with van der Waals surface area (Å²) >= 11 is 0. The number of methoxy groups -OCH3 is 1. The highest BCUT2D eigenvalue weighted by molar-refractivity contribution is 5.90. The number of aromatic nitrogens is 6. The van der Waals surface area contributed by atoms with Crippen LogP contribution < -0.4 is 10.6 Å². The normalized spacial score (nSPS) is 10.8. The Labute approximate surface area is 155 Å². The third-order valence-electron chi connectivity index (χ3n) is 3.92. The van der Waals surface area contributed by atoms with E-state index >= 15 is 0 Å². The number of urea groups is 1. The molecule has 0 spiro atoms. The zero-order valence-corrected chi connectivity index (χ0v) is 15.3. The Balaban J connectivity index is 1.58. The van der Waals surface area contributed by atoms with Gasteiger partial charge in [0.05, 0.1) is 5.69 Å². The van der Waals surface area contributed by atoms with Gasteiger partial charge in [-0.25, -0.2) is 9.48 Å². The molecule has 0 unspecified atom stereocenters. The molecule has 3 aromatic rings. The zero-order chi connectivity index (χ0) is 19.2. The Morgan fingerprint density at radius 3 is 2.93 bits per heavy atom. The highest BCUT2D eigenvalue weighted by atomic mass is 16.5. The minimum absolute atomic E-state index is 0.285. The average molecular weight is 372 g/mol. The molecular weight excluding hydrogens is 352 g/mol. The first-order chi connectivity index (χ1) is 13.1. The molecule has 2 heterocycles. The molecule has 0 aliphatic carbocycles. The molecule has 1 aromatic carbocycles. The Morgan fingerprint density at radius 1 is 1.33 bits per heavy atom. The predicted molar refractivity (Wildman–Crippen MR) is 94.4 cm³/mol. The smallest absolute Gasteiger partial charge is 0.319 e. The molecule has 11 nitrogen and oxygen atoms in total. The van der Waals surface area contributed by atoms with Crippen LogP contribution in [-0.4, -0.2) is 50.0 Å². The second-order valence-corrected chi connectivity index (χ2v) is 5.86. The van der Waals surface area contributed by atoms with Gasteiger partial charge < -0.3 is 19.9 Å². The van der Waals surface area contributed by atoms with Crippen molar-refractivity contribution in [2.45, 2.75) is 26.9 Å². The Kier molecular flexibility index (Phi) is 5.71. The molecule has 142 valence electrons. The van der Waals surface area contributed by atoms with Gasteiger partial charge in [-0.05, 0) is 47.5 Å². The molecule has 0 radical (unpaired) electrons. The molecule has 0 saturated carbocycles. The Hall–Kier alpha value is -3.34. The number of hydrogen-bond acceptors (Lipinski definition) is 8. The summed E-state index contributed by atoms with van der Waals surface area (Å²) in [6.45, 7) is 4.53. The summed E-state index contributed by atoms with van der Waals surface area (Å²) in [6, 6.07) is 3.43. The monoisotopic (exact) mass is 372 g/mol. The van der Waals surface area contributed by atoms with Crippen LogP contribution in [-0.2, 0) is 17.8 Å². The van der Waals surface area contributed by atoms with Gasteiger partial charge in [0.15, 0.2) is 5.82 Å². The maximum atomic E-state index is 12.2. The number of amides is 2. The summed E-state index contributed by atoms with van der Waals surface area (Å²) in [6.07, 6.45) is 1.92. The maximum Gasteiger partial charge on any atom is 0.319 e. The van der Waals surface area contributed by atoms with Crippen molar-refractivity contribution >= 4 is 11.7 Å². The molecule has 27 heavy (non-hydrogen) atoms. The van der Waals surface area contributed by atoms with E-state index in [0.29, 0.717) is 30.4 Å². The predicted octanol–water partition coefficient (Wildman–Crippen LogP) is 1.17. The maximum absolute atomic E-state index is 12.2. The van der Waals surface area contributed by atoms with Gasteiger partial charge in [0.2, 0.25) is 5.89 Å². The van der Waals surface area contributed by atoms with Gasteiger partial charge in [0.25, 0.3) is 0 Å².